The molecule has 1 atom stereocenters. The van der Waals surface area contributed by atoms with Gasteiger partial charge in [-0.2, -0.15) is 0 Å². The van der Waals surface area contributed by atoms with Crippen LogP contribution in [-0.4, -0.2) is 11.7 Å². The van der Waals surface area contributed by atoms with E-state index >= 15 is 0 Å². The zero-order chi connectivity index (χ0) is 14.5. The van der Waals surface area contributed by atoms with Gasteiger partial charge < -0.3 is 9.84 Å². The Morgan fingerprint density at radius 3 is 2.76 bits per heavy atom. The number of rotatable bonds is 6. The van der Waals surface area contributed by atoms with Crippen LogP contribution in [0.15, 0.2) is 48.5 Å². The third kappa shape index (κ3) is 3.64. The van der Waals surface area contributed by atoms with Gasteiger partial charge in [0.25, 0.3) is 0 Å². The van der Waals surface area contributed by atoms with Gasteiger partial charge in [0.2, 0.25) is 0 Å². The van der Waals surface area contributed by atoms with Crippen molar-refractivity contribution in [3.05, 3.63) is 65.2 Å². The molecule has 2 aromatic rings. The summed E-state index contributed by atoms with van der Waals surface area (Å²) < 4.78 is 5.82. The van der Waals surface area contributed by atoms with Gasteiger partial charge in [-0.15, -0.1) is 0 Å². The topological polar surface area (TPSA) is 29.5 Å². The molecule has 2 aromatic carbocycles. The van der Waals surface area contributed by atoms with Crippen LogP contribution in [0.3, 0.4) is 0 Å². The van der Waals surface area contributed by atoms with E-state index in [0.717, 1.165) is 50.0 Å². The second kappa shape index (κ2) is 6.77. The maximum atomic E-state index is 9.79. The summed E-state index contributed by atoms with van der Waals surface area (Å²) in [7, 11) is 0. The third-order valence-corrected chi connectivity index (χ3v) is 4.13. The predicted molar refractivity (Wildman–Crippen MR) is 84.6 cm³/mol. The van der Waals surface area contributed by atoms with Gasteiger partial charge in [0.1, 0.15) is 5.75 Å². The quantitative estimate of drug-likeness (QED) is 0.809. The first kappa shape index (κ1) is 14.2. The highest BCUT2D eigenvalue weighted by Gasteiger charge is 2.20. The van der Waals surface area contributed by atoms with Crippen LogP contribution in [0.1, 0.15) is 42.1 Å². The minimum Gasteiger partial charge on any atom is -0.494 e. The minimum absolute atomic E-state index is 0.278. The zero-order valence-electron chi connectivity index (χ0n) is 12.3. The fourth-order valence-corrected chi connectivity index (χ4v) is 2.93. The SMILES string of the molecule is OC1CCc2cc(OCCCCc3ccccc3)ccc21. The van der Waals surface area contributed by atoms with Gasteiger partial charge in [-0.1, -0.05) is 36.4 Å². The van der Waals surface area contributed by atoms with Gasteiger partial charge >= 0.3 is 0 Å². The second-order valence-electron chi connectivity index (χ2n) is 5.71. The van der Waals surface area contributed by atoms with Gasteiger partial charge in [0, 0.05) is 0 Å². The van der Waals surface area contributed by atoms with Gasteiger partial charge in [0.05, 0.1) is 12.7 Å². The zero-order valence-corrected chi connectivity index (χ0v) is 12.3. The Morgan fingerprint density at radius 1 is 1.05 bits per heavy atom. The summed E-state index contributed by atoms with van der Waals surface area (Å²) in [6.45, 7) is 0.758. The van der Waals surface area contributed by atoms with Crippen molar-refractivity contribution >= 4 is 0 Å². The van der Waals surface area contributed by atoms with Gasteiger partial charge in [-0.05, 0) is 60.9 Å². The van der Waals surface area contributed by atoms with Gasteiger partial charge in [0.15, 0.2) is 0 Å². The maximum absolute atomic E-state index is 9.79. The molecule has 0 heterocycles. The van der Waals surface area contributed by atoms with Gasteiger partial charge in [-0.25, -0.2) is 0 Å². The molecule has 0 aliphatic heterocycles. The van der Waals surface area contributed by atoms with E-state index < -0.39 is 0 Å². The van der Waals surface area contributed by atoms with Crippen molar-refractivity contribution in [2.24, 2.45) is 0 Å². The van der Waals surface area contributed by atoms with Crippen LogP contribution in [-0.2, 0) is 12.8 Å². The summed E-state index contributed by atoms with van der Waals surface area (Å²) in [5, 5.41) is 9.79. The molecular weight excluding hydrogens is 260 g/mol. The average Bonchev–Trinajstić information content (AvgIpc) is 2.89. The predicted octanol–water partition coefficient (Wildman–Crippen LogP) is 4.07. The number of ether oxygens (including phenoxy) is 1. The van der Waals surface area contributed by atoms with Crippen LogP contribution in [0, 0.1) is 0 Å². The molecule has 0 radical (unpaired) electrons. The van der Waals surface area contributed by atoms with E-state index in [9.17, 15) is 5.11 Å². The number of aryl methyl sites for hydroxylation is 2. The summed E-state index contributed by atoms with van der Waals surface area (Å²) >= 11 is 0. The first-order valence-electron chi connectivity index (χ1n) is 7.80. The largest absolute Gasteiger partial charge is 0.494 e. The number of unbranched alkanes of at least 4 members (excludes halogenated alkanes) is 1. The molecule has 3 rings (SSSR count). The van der Waals surface area contributed by atoms with Crippen molar-refractivity contribution in [2.75, 3.05) is 6.61 Å². The molecule has 0 spiro atoms. The summed E-state index contributed by atoms with van der Waals surface area (Å²) in [4.78, 5) is 0. The number of aliphatic hydroxyl groups is 1. The smallest absolute Gasteiger partial charge is 0.119 e. The Labute approximate surface area is 126 Å². The Balaban J connectivity index is 1.42. The van der Waals surface area contributed by atoms with Crippen LogP contribution >= 0.6 is 0 Å². The first-order chi connectivity index (χ1) is 10.3. The van der Waals surface area contributed by atoms with E-state index in [0.29, 0.717) is 0 Å². The lowest BCUT2D eigenvalue weighted by Gasteiger charge is -2.09. The molecule has 2 heteroatoms. The van der Waals surface area contributed by atoms with E-state index in [1.165, 1.54) is 11.1 Å². The van der Waals surface area contributed by atoms with Crippen molar-refractivity contribution in [1.29, 1.82) is 0 Å². The van der Waals surface area contributed by atoms with Crippen LogP contribution in [0.5, 0.6) is 5.75 Å². The number of hydrogen-bond donors (Lipinski definition) is 1. The van der Waals surface area contributed by atoms with Crippen molar-refractivity contribution in [3.8, 4) is 5.75 Å². The lowest BCUT2D eigenvalue weighted by Crippen LogP contribution is -1.99. The van der Waals surface area contributed by atoms with Crippen LogP contribution < -0.4 is 4.74 Å². The number of hydrogen-bond acceptors (Lipinski definition) is 2. The highest BCUT2D eigenvalue weighted by atomic mass is 16.5. The van der Waals surface area contributed by atoms with E-state index in [1.807, 2.05) is 12.1 Å². The third-order valence-electron chi connectivity index (χ3n) is 4.13. The molecular formula is C19H22O2. The average molecular weight is 282 g/mol. The highest BCUT2D eigenvalue weighted by molar-refractivity contribution is 5.39. The Kier molecular flexibility index (Phi) is 4.56. The molecule has 110 valence electrons. The maximum Gasteiger partial charge on any atom is 0.119 e. The standard InChI is InChI=1S/C19H22O2/c20-19-12-9-16-14-17(10-11-18(16)19)21-13-5-4-8-15-6-2-1-3-7-15/h1-3,6-7,10-11,14,19-20H,4-5,8-9,12-13H2. The van der Waals surface area contributed by atoms with E-state index in [1.54, 1.807) is 0 Å². The van der Waals surface area contributed by atoms with Crippen molar-refractivity contribution in [3.63, 3.8) is 0 Å². The van der Waals surface area contributed by atoms with E-state index in [-0.39, 0.29) is 6.10 Å². The van der Waals surface area contributed by atoms with E-state index in [2.05, 4.69) is 36.4 Å². The van der Waals surface area contributed by atoms with Crippen LogP contribution in [0.25, 0.3) is 0 Å². The second-order valence-corrected chi connectivity index (χ2v) is 5.71. The van der Waals surface area contributed by atoms with Gasteiger partial charge in [-0.3, -0.25) is 0 Å². The lowest BCUT2D eigenvalue weighted by molar-refractivity contribution is 0.180. The molecule has 0 amide bonds. The van der Waals surface area contributed by atoms with Crippen LogP contribution in [0.4, 0.5) is 0 Å². The summed E-state index contributed by atoms with van der Waals surface area (Å²) in [5.74, 6) is 0.933. The van der Waals surface area contributed by atoms with Crippen molar-refractivity contribution < 1.29 is 9.84 Å². The fourth-order valence-electron chi connectivity index (χ4n) is 2.93. The molecule has 0 bridgehead atoms. The van der Waals surface area contributed by atoms with Crippen molar-refractivity contribution in [2.45, 2.75) is 38.2 Å². The molecule has 0 aromatic heterocycles. The monoisotopic (exact) mass is 282 g/mol. The number of benzene rings is 2. The minimum atomic E-state index is -0.278. The van der Waals surface area contributed by atoms with Crippen molar-refractivity contribution in [1.82, 2.24) is 0 Å². The summed E-state index contributed by atoms with van der Waals surface area (Å²) in [5.41, 5.74) is 3.71. The molecule has 1 N–H and O–H groups in total. The highest BCUT2D eigenvalue weighted by Crippen LogP contribution is 2.33. The number of fused-ring (bicyclic) bond motifs is 1. The van der Waals surface area contributed by atoms with Crippen LogP contribution in [0.2, 0.25) is 0 Å². The number of aliphatic hydroxyl groups excluding tert-OH is 1. The molecule has 0 saturated carbocycles. The molecule has 2 nitrogen and oxygen atoms in total. The summed E-state index contributed by atoms with van der Waals surface area (Å²) in [6.07, 6.45) is 4.85. The molecule has 21 heavy (non-hydrogen) atoms. The molecule has 1 unspecified atom stereocenters. The first-order valence-corrected chi connectivity index (χ1v) is 7.80. The molecule has 1 aliphatic carbocycles. The van der Waals surface area contributed by atoms with E-state index in [4.69, 9.17) is 4.74 Å². The lowest BCUT2D eigenvalue weighted by atomic mass is 10.1. The Hall–Kier alpha value is -1.80. The molecule has 1 aliphatic rings. The molecule has 0 fully saturated rings. The Morgan fingerprint density at radius 2 is 1.90 bits per heavy atom. The fraction of sp³-hybridized carbons (Fsp3) is 0.368. The normalized spacial score (nSPS) is 16.7. The summed E-state index contributed by atoms with van der Waals surface area (Å²) in [6, 6.07) is 16.6. The molecule has 0 saturated heterocycles. The Bertz CT molecular complexity index is 577.